The molecule has 0 saturated carbocycles. The average molecular weight is 374 g/mol. The number of nitrogens with zero attached hydrogens (tertiary/aromatic N) is 1. The zero-order chi connectivity index (χ0) is 19.1. The molecule has 0 aromatic heterocycles. The van der Waals surface area contributed by atoms with Crippen molar-refractivity contribution in [3.63, 3.8) is 0 Å². The number of nitrogen functional groups attached to an aromatic ring is 1. The third-order valence-corrected chi connectivity index (χ3v) is 4.58. The van der Waals surface area contributed by atoms with Crippen LogP contribution >= 0.6 is 0 Å². The second-order valence-corrected chi connectivity index (χ2v) is 6.20. The molecule has 1 unspecified atom stereocenters. The topological polar surface area (TPSA) is 105 Å². The van der Waals surface area contributed by atoms with Gasteiger partial charge >= 0.3 is 0 Å². The highest BCUT2D eigenvalue weighted by atomic mass is 32.2. The molecule has 2 N–H and O–H groups in total. The molecule has 0 fully saturated rings. The Morgan fingerprint density at radius 2 is 2.00 bits per heavy atom. The minimum Gasteiger partial charge on any atom is -0.398 e. The molecule has 0 spiro atoms. The van der Waals surface area contributed by atoms with Gasteiger partial charge in [-0.3, -0.25) is 0 Å². The fraction of sp³-hybridized carbons (Fsp3) is 0.111. The molecule has 0 saturated heterocycles. The van der Waals surface area contributed by atoms with E-state index >= 15 is 0 Å². The zero-order valence-electron chi connectivity index (χ0n) is 14.1. The highest BCUT2D eigenvalue weighted by Gasteiger charge is 2.10. The summed E-state index contributed by atoms with van der Waals surface area (Å²) < 4.78 is 18.1. The van der Waals surface area contributed by atoms with E-state index in [1.165, 1.54) is 6.08 Å². The van der Waals surface area contributed by atoms with E-state index in [-0.39, 0.29) is 6.61 Å². The summed E-state index contributed by atoms with van der Waals surface area (Å²) in [4.78, 5) is 14.9. The van der Waals surface area contributed by atoms with Crippen LogP contribution in [0.4, 0.5) is 5.69 Å². The van der Waals surface area contributed by atoms with Crippen molar-refractivity contribution in [2.75, 3.05) is 5.73 Å². The van der Waals surface area contributed by atoms with Gasteiger partial charge in [0, 0.05) is 16.1 Å². The first-order chi connectivity index (χ1) is 12.5. The Balaban J connectivity index is 2.29. The predicted molar refractivity (Wildman–Crippen MR) is 101 cm³/mol. The standard InChI is InChI=1S/C18H18N2O5S/c1-3-15-16(6-5-7-17(15)19)18(4-2)26(23)25-14-10-8-13(9-11-14)12-24-20(21)22/h3-11H,2,12,19H2,1H3/b15-3+,18-16+. The molecule has 2 aromatic rings. The van der Waals surface area contributed by atoms with Crippen molar-refractivity contribution in [1.29, 1.82) is 0 Å². The summed E-state index contributed by atoms with van der Waals surface area (Å²) in [6, 6.07) is 11.6. The number of anilines is 1. The van der Waals surface area contributed by atoms with Crippen molar-refractivity contribution in [2.45, 2.75) is 13.5 Å². The van der Waals surface area contributed by atoms with Gasteiger partial charge in [0.15, 0.2) is 0 Å². The van der Waals surface area contributed by atoms with Crippen LogP contribution in [0.2, 0.25) is 0 Å². The Morgan fingerprint density at radius 1 is 1.31 bits per heavy atom. The van der Waals surface area contributed by atoms with E-state index < -0.39 is 16.2 Å². The summed E-state index contributed by atoms with van der Waals surface area (Å²) in [6.45, 7) is 5.39. The van der Waals surface area contributed by atoms with Gasteiger partial charge in [0.25, 0.3) is 5.09 Å². The molecule has 2 aromatic carbocycles. The Kier molecular flexibility index (Phi) is 6.51. The van der Waals surface area contributed by atoms with Crippen LogP contribution < -0.4 is 20.4 Å². The third-order valence-electron chi connectivity index (χ3n) is 3.49. The number of hydrogen-bond donors (Lipinski definition) is 1. The fourth-order valence-electron chi connectivity index (χ4n) is 2.29. The second kappa shape index (κ2) is 8.82. The van der Waals surface area contributed by atoms with Crippen LogP contribution in [-0.2, 0) is 22.5 Å². The quantitative estimate of drug-likeness (QED) is 0.450. The summed E-state index contributed by atoms with van der Waals surface area (Å²) >= 11 is -1.81. The Bertz CT molecular complexity index is 955. The SMILES string of the molecule is C=C/C(=c1/cccc(N)/c1=C/C)S(=O)Oc1ccc(CO[N+](=O)[O-])cc1. The lowest BCUT2D eigenvalue weighted by molar-refractivity contribution is -0.763. The molecule has 0 amide bonds. The van der Waals surface area contributed by atoms with Gasteiger partial charge in [-0.1, -0.05) is 36.9 Å². The summed E-state index contributed by atoms with van der Waals surface area (Å²) in [5.74, 6) is 0.346. The number of nitrogens with two attached hydrogens (primary N) is 1. The molecular weight excluding hydrogens is 356 g/mol. The molecule has 0 aliphatic heterocycles. The smallest absolute Gasteiger partial charge is 0.294 e. The van der Waals surface area contributed by atoms with Crippen LogP contribution in [-0.4, -0.2) is 9.30 Å². The summed E-state index contributed by atoms with van der Waals surface area (Å²) in [5.41, 5.74) is 7.12. The minimum atomic E-state index is -1.81. The molecule has 7 nitrogen and oxygen atoms in total. The van der Waals surface area contributed by atoms with Crippen molar-refractivity contribution >= 4 is 27.7 Å². The fourth-order valence-corrected chi connectivity index (χ4v) is 3.16. The lowest BCUT2D eigenvalue weighted by Gasteiger charge is -2.07. The first-order valence-corrected chi connectivity index (χ1v) is 8.67. The summed E-state index contributed by atoms with van der Waals surface area (Å²) in [6.07, 6.45) is 3.30. The van der Waals surface area contributed by atoms with E-state index in [1.807, 2.05) is 13.0 Å². The van der Waals surface area contributed by atoms with E-state index in [2.05, 4.69) is 11.4 Å². The van der Waals surface area contributed by atoms with Gasteiger partial charge in [0.05, 0.1) is 4.91 Å². The molecule has 136 valence electrons. The Hall–Kier alpha value is -3.13. The van der Waals surface area contributed by atoms with E-state index in [9.17, 15) is 14.3 Å². The van der Waals surface area contributed by atoms with E-state index in [4.69, 9.17) is 9.92 Å². The Labute approximate surface area is 152 Å². The molecule has 8 heteroatoms. The molecule has 1 atom stereocenters. The minimum absolute atomic E-state index is 0.167. The van der Waals surface area contributed by atoms with E-state index in [0.29, 0.717) is 27.1 Å². The van der Waals surface area contributed by atoms with Gasteiger partial charge in [0.2, 0.25) is 11.1 Å². The van der Waals surface area contributed by atoms with E-state index in [1.54, 1.807) is 42.5 Å². The predicted octanol–water partition coefficient (Wildman–Crippen LogP) is 1.81. The first-order valence-electron chi connectivity index (χ1n) is 7.60. The lowest BCUT2D eigenvalue weighted by Crippen LogP contribution is -2.30. The van der Waals surface area contributed by atoms with Crippen LogP contribution in [0, 0.1) is 10.1 Å². The highest BCUT2D eigenvalue weighted by Crippen LogP contribution is 2.16. The van der Waals surface area contributed by atoms with Crippen LogP contribution in [0.15, 0.2) is 55.1 Å². The molecule has 0 heterocycles. The molecule has 0 aliphatic rings. The number of rotatable bonds is 7. The first kappa shape index (κ1) is 19.2. The van der Waals surface area contributed by atoms with Crippen molar-refractivity contribution in [3.8, 4) is 5.75 Å². The average Bonchev–Trinajstić information content (AvgIpc) is 2.62. The van der Waals surface area contributed by atoms with E-state index in [0.717, 1.165) is 5.22 Å². The van der Waals surface area contributed by atoms with Crippen molar-refractivity contribution < 1.29 is 18.3 Å². The monoisotopic (exact) mass is 374 g/mol. The zero-order valence-corrected chi connectivity index (χ0v) is 14.9. The second-order valence-electron chi connectivity index (χ2n) is 5.12. The van der Waals surface area contributed by atoms with Crippen LogP contribution in [0.5, 0.6) is 5.75 Å². The largest absolute Gasteiger partial charge is 0.398 e. The van der Waals surface area contributed by atoms with Gasteiger partial charge in [-0.15, -0.1) is 10.1 Å². The normalized spacial score (nSPS) is 13.7. The molecule has 0 bridgehead atoms. The van der Waals surface area contributed by atoms with Crippen LogP contribution in [0.3, 0.4) is 0 Å². The molecule has 26 heavy (non-hydrogen) atoms. The molecular formula is C18H18N2O5S. The van der Waals surface area contributed by atoms with Gasteiger partial charge in [0.1, 0.15) is 12.4 Å². The van der Waals surface area contributed by atoms with Gasteiger partial charge in [-0.2, -0.15) is 0 Å². The molecule has 0 aliphatic carbocycles. The number of hydrogen-bond acceptors (Lipinski definition) is 6. The van der Waals surface area contributed by atoms with Crippen molar-refractivity contribution in [3.05, 3.63) is 81.2 Å². The van der Waals surface area contributed by atoms with Crippen molar-refractivity contribution in [2.24, 2.45) is 0 Å². The maximum Gasteiger partial charge on any atom is 0.294 e. The van der Waals surface area contributed by atoms with Crippen LogP contribution in [0.25, 0.3) is 11.0 Å². The lowest BCUT2D eigenvalue weighted by atomic mass is 10.2. The number of benzene rings is 2. The Morgan fingerprint density at radius 3 is 2.58 bits per heavy atom. The van der Waals surface area contributed by atoms with Gasteiger partial charge < -0.3 is 14.8 Å². The molecule has 2 rings (SSSR count). The van der Waals surface area contributed by atoms with Gasteiger partial charge in [-0.05, 0) is 36.8 Å². The summed E-state index contributed by atoms with van der Waals surface area (Å²) in [5, 5.41) is 10.8. The molecule has 0 radical (unpaired) electrons. The van der Waals surface area contributed by atoms with Crippen molar-refractivity contribution in [1.82, 2.24) is 0 Å². The summed E-state index contributed by atoms with van der Waals surface area (Å²) in [7, 11) is 0. The maximum absolute atomic E-state index is 12.6. The van der Waals surface area contributed by atoms with Crippen LogP contribution in [0.1, 0.15) is 12.5 Å². The maximum atomic E-state index is 12.6. The third kappa shape index (κ3) is 4.70. The van der Waals surface area contributed by atoms with Gasteiger partial charge in [-0.25, -0.2) is 4.21 Å². The highest BCUT2D eigenvalue weighted by molar-refractivity contribution is 7.90.